The molecule has 3 N–H and O–H groups in total. The van der Waals surface area contributed by atoms with Crippen LogP contribution in [-0.4, -0.2) is 96.7 Å². The van der Waals surface area contributed by atoms with Crippen LogP contribution in [0.2, 0.25) is 0 Å². The molecule has 3 unspecified atom stereocenters. The van der Waals surface area contributed by atoms with E-state index < -0.39 is 97.5 Å². The third kappa shape index (κ3) is 74.7. The minimum atomic E-state index is -4.96. The van der Waals surface area contributed by atoms with Crippen LogP contribution in [0.1, 0.15) is 439 Å². The lowest BCUT2D eigenvalue weighted by Gasteiger charge is -2.21. The normalized spacial score (nSPS) is 14.1. The summed E-state index contributed by atoms with van der Waals surface area (Å²) < 4.78 is 68.8. The summed E-state index contributed by atoms with van der Waals surface area (Å²) in [5.74, 6) is -1.25. The molecule has 0 aliphatic carbocycles. The summed E-state index contributed by atoms with van der Waals surface area (Å²) in [4.78, 5) is 73.1. The van der Waals surface area contributed by atoms with Crippen molar-refractivity contribution in [1.82, 2.24) is 0 Å². The molecule has 0 saturated heterocycles. The first-order chi connectivity index (χ1) is 49.1. The summed E-state index contributed by atoms with van der Waals surface area (Å²) in [7, 11) is -9.92. The van der Waals surface area contributed by atoms with Crippen molar-refractivity contribution in [2.75, 3.05) is 39.6 Å². The molecule has 0 radical (unpaired) electrons. The molecule has 101 heavy (non-hydrogen) atoms. The maximum Gasteiger partial charge on any atom is 0.472 e. The summed E-state index contributed by atoms with van der Waals surface area (Å²) in [6, 6.07) is 0. The number of carbonyl (C=O) groups is 4. The molecule has 17 nitrogen and oxygen atoms in total. The average molecular weight is 1480 g/mol. The van der Waals surface area contributed by atoms with Crippen molar-refractivity contribution in [1.29, 1.82) is 0 Å². The average Bonchev–Trinajstić information content (AvgIpc) is 0.931. The van der Waals surface area contributed by atoms with Gasteiger partial charge in [0.1, 0.15) is 19.3 Å². The van der Waals surface area contributed by atoms with Crippen LogP contribution in [0.15, 0.2) is 0 Å². The van der Waals surface area contributed by atoms with Crippen molar-refractivity contribution in [3.63, 3.8) is 0 Å². The highest BCUT2D eigenvalue weighted by atomic mass is 31.2. The van der Waals surface area contributed by atoms with Gasteiger partial charge in [0.05, 0.1) is 26.4 Å². The third-order valence-electron chi connectivity index (χ3n) is 19.6. The smallest absolute Gasteiger partial charge is 0.462 e. The Morgan fingerprint density at radius 2 is 0.475 bits per heavy atom. The predicted octanol–water partition coefficient (Wildman–Crippen LogP) is 24.8. The second-order valence-corrected chi connectivity index (χ2v) is 32.7. The standard InChI is InChI=1S/C82H160O17P2/c1-6-10-13-16-19-22-25-28-30-36-41-46-51-56-61-66-80(85)93-72-78(99-82(87)68-63-58-53-48-43-38-33-32-35-39-44-49-54-59-64-75(5)9-4)74-97-101(90,91)95-70-76(83)69-94-100(88,89)96-73-77(71-92-79(84)65-60-55-50-45-40-34-27-24-21-18-15-12-8-3)98-81(86)67-62-57-52-47-42-37-31-29-26-23-20-17-14-11-7-2/h75-78,83H,6-74H2,1-5H3,(H,88,89)(H,90,91)/t75?,76-,77+,78+/m0/s1. The molecule has 0 spiro atoms. The lowest BCUT2D eigenvalue weighted by molar-refractivity contribution is -0.161. The van der Waals surface area contributed by atoms with E-state index in [1.807, 2.05) is 0 Å². The maximum atomic E-state index is 13.1. The van der Waals surface area contributed by atoms with E-state index >= 15 is 0 Å². The highest BCUT2D eigenvalue weighted by Gasteiger charge is 2.30. The molecule has 6 atom stereocenters. The fraction of sp³-hybridized carbons (Fsp3) is 0.951. The van der Waals surface area contributed by atoms with E-state index in [0.29, 0.717) is 25.7 Å². The predicted molar refractivity (Wildman–Crippen MR) is 414 cm³/mol. The second kappa shape index (κ2) is 74.9. The highest BCUT2D eigenvalue weighted by molar-refractivity contribution is 7.47. The molecule has 0 aliphatic heterocycles. The van der Waals surface area contributed by atoms with Gasteiger partial charge in [-0.2, -0.15) is 0 Å². The van der Waals surface area contributed by atoms with Crippen LogP contribution in [0.4, 0.5) is 0 Å². The van der Waals surface area contributed by atoms with Gasteiger partial charge >= 0.3 is 39.5 Å². The molecule has 0 heterocycles. The number of phosphoric acid groups is 2. The maximum absolute atomic E-state index is 13.1. The lowest BCUT2D eigenvalue weighted by atomic mass is 9.99. The number of rotatable bonds is 82. The molecular formula is C82H160O17P2. The molecule has 0 amide bonds. The van der Waals surface area contributed by atoms with Crippen LogP contribution in [0.3, 0.4) is 0 Å². The van der Waals surface area contributed by atoms with Crippen molar-refractivity contribution in [2.45, 2.75) is 457 Å². The number of unbranched alkanes of at least 4 members (excludes halogenated alkanes) is 53. The molecule has 600 valence electrons. The fourth-order valence-corrected chi connectivity index (χ4v) is 14.3. The van der Waals surface area contributed by atoms with Gasteiger partial charge < -0.3 is 33.8 Å². The van der Waals surface area contributed by atoms with Crippen molar-refractivity contribution < 1.29 is 80.2 Å². The van der Waals surface area contributed by atoms with Gasteiger partial charge in [-0.3, -0.25) is 37.3 Å². The number of phosphoric ester groups is 2. The second-order valence-electron chi connectivity index (χ2n) is 29.8. The molecule has 19 heteroatoms. The van der Waals surface area contributed by atoms with E-state index in [-0.39, 0.29) is 25.7 Å². The minimum absolute atomic E-state index is 0.109. The Labute approximate surface area is 619 Å². The zero-order chi connectivity index (χ0) is 74.1. The van der Waals surface area contributed by atoms with Gasteiger partial charge in [0.15, 0.2) is 12.2 Å². The van der Waals surface area contributed by atoms with Crippen LogP contribution in [0, 0.1) is 5.92 Å². The van der Waals surface area contributed by atoms with Crippen LogP contribution in [-0.2, 0) is 65.4 Å². The zero-order valence-electron chi connectivity index (χ0n) is 66.1. The van der Waals surface area contributed by atoms with E-state index in [9.17, 15) is 43.2 Å². The Kier molecular flexibility index (Phi) is 73.5. The lowest BCUT2D eigenvalue weighted by Crippen LogP contribution is -2.30. The molecule has 0 saturated carbocycles. The van der Waals surface area contributed by atoms with Crippen molar-refractivity contribution in [2.24, 2.45) is 5.92 Å². The van der Waals surface area contributed by atoms with E-state index in [2.05, 4.69) is 34.6 Å². The number of hydrogen-bond acceptors (Lipinski definition) is 15. The minimum Gasteiger partial charge on any atom is -0.462 e. The van der Waals surface area contributed by atoms with Gasteiger partial charge in [0, 0.05) is 25.7 Å². The highest BCUT2D eigenvalue weighted by Crippen LogP contribution is 2.45. The van der Waals surface area contributed by atoms with Crippen molar-refractivity contribution in [3.05, 3.63) is 0 Å². The van der Waals surface area contributed by atoms with E-state index in [1.54, 1.807) is 0 Å². The van der Waals surface area contributed by atoms with Crippen LogP contribution < -0.4 is 0 Å². The largest absolute Gasteiger partial charge is 0.472 e. The van der Waals surface area contributed by atoms with Crippen molar-refractivity contribution >= 4 is 39.5 Å². The molecule has 0 aromatic rings. The summed E-state index contributed by atoms with van der Waals surface area (Å²) in [5.41, 5.74) is 0. The van der Waals surface area contributed by atoms with Gasteiger partial charge in [0.25, 0.3) is 0 Å². The summed E-state index contributed by atoms with van der Waals surface area (Å²) in [6.45, 7) is 7.41. The first kappa shape index (κ1) is 99.1. The van der Waals surface area contributed by atoms with E-state index in [4.69, 9.17) is 37.0 Å². The van der Waals surface area contributed by atoms with Crippen LogP contribution >= 0.6 is 15.6 Å². The Balaban J connectivity index is 5.27. The number of hydrogen-bond donors (Lipinski definition) is 3. The Bertz CT molecular complexity index is 1930. The van der Waals surface area contributed by atoms with Crippen LogP contribution in [0.25, 0.3) is 0 Å². The third-order valence-corrected chi connectivity index (χ3v) is 21.5. The first-order valence-corrected chi connectivity index (χ1v) is 45.7. The monoisotopic (exact) mass is 1480 g/mol. The van der Waals surface area contributed by atoms with Gasteiger partial charge in [-0.1, -0.05) is 388 Å². The quantitative estimate of drug-likeness (QED) is 0.0222. The van der Waals surface area contributed by atoms with Crippen LogP contribution in [0.5, 0.6) is 0 Å². The molecule has 0 aliphatic rings. The first-order valence-electron chi connectivity index (χ1n) is 42.7. The Hall–Kier alpha value is -1.94. The molecule has 0 aromatic carbocycles. The van der Waals surface area contributed by atoms with Gasteiger partial charge in [-0.25, -0.2) is 9.13 Å². The molecule has 0 aromatic heterocycles. The molecule has 0 rings (SSSR count). The SMILES string of the molecule is CCCCCCCCCCCCCCCCCC(=O)OC[C@H](COP(=O)(O)OC[C@@H](O)COP(=O)(O)OC[C@@H](COC(=O)CCCCCCCCCCCCCCC)OC(=O)CCCCCCCCCCCCCCCCC)OC(=O)CCCCCCCCCCCCCCCCC(C)CC. The fourth-order valence-electron chi connectivity index (χ4n) is 12.7. The topological polar surface area (TPSA) is 237 Å². The number of aliphatic hydroxyl groups is 1. The van der Waals surface area contributed by atoms with E-state index in [0.717, 1.165) is 95.8 Å². The van der Waals surface area contributed by atoms with Gasteiger partial charge in [0.2, 0.25) is 0 Å². The zero-order valence-corrected chi connectivity index (χ0v) is 67.8. The molecular weight excluding hydrogens is 1320 g/mol. The number of ether oxygens (including phenoxy) is 4. The molecule has 0 fully saturated rings. The summed E-state index contributed by atoms with van der Waals surface area (Å²) in [5, 5.41) is 10.7. The Morgan fingerprint density at radius 3 is 0.703 bits per heavy atom. The number of aliphatic hydroxyl groups excluding tert-OH is 1. The summed E-state index contributed by atoms with van der Waals surface area (Å²) in [6.07, 6.45) is 66.3. The van der Waals surface area contributed by atoms with E-state index in [1.165, 1.54) is 263 Å². The summed E-state index contributed by atoms with van der Waals surface area (Å²) >= 11 is 0. The molecule has 0 bridgehead atoms. The van der Waals surface area contributed by atoms with Crippen molar-refractivity contribution in [3.8, 4) is 0 Å². The van der Waals surface area contributed by atoms with Gasteiger partial charge in [-0.05, 0) is 31.6 Å². The van der Waals surface area contributed by atoms with Gasteiger partial charge in [-0.15, -0.1) is 0 Å². The number of esters is 4. The Morgan fingerprint density at radius 1 is 0.277 bits per heavy atom. The number of carbonyl (C=O) groups excluding carboxylic acids is 4.